The van der Waals surface area contributed by atoms with Crippen LogP contribution in [0.15, 0.2) is 4.99 Å². The molecule has 4 atom stereocenters. The standard InChI is InChI=1S/C19H33NO2SSi/c1-19(2,3)24(4,5)22-9-8-16-18(21)20-17(23-16)12-15-11-13-6-7-14(15)10-13/h13-16H,6-12H2,1-5H3. The van der Waals surface area contributed by atoms with Crippen LogP contribution in [0, 0.1) is 17.8 Å². The Labute approximate surface area is 152 Å². The molecular weight excluding hydrogens is 334 g/mol. The maximum absolute atomic E-state index is 12.2. The lowest BCUT2D eigenvalue weighted by atomic mass is 9.87. The summed E-state index contributed by atoms with van der Waals surface area (Å²) in [4.78, 5) is 16.6. The molecule has 0 N–H and O–H groups in total. The Balaban J connectivity index is 1.44. The third-order valence-corrected chi connectivity index (χ3v) is 12.5. The number of hydrogen-bond donors (Lipinski definition) is 0. The predicted octanol–water partition coefficient (Wildman–Crippen LogP) is 5.27. The van der Waals surface area contributed by atoms with Crippen molar-refractivity contribution in [3.8, 4) is 0 Å². The molecule has 1 aliphatic heterocycles. The van der Waals surface area contributed by atoms with Gasteiger partial charge in [-0.3, -0.25) is 4.79 Å². The van der Waals surface area contributed by atoms with Crippen LogP contribution in [0.25, 0.3) is 0 Å². The van der Waals surface area contributed by atoms with Crippen molar-refractivity contribution in [2.75, 3.05) is 6.61 Å². The van der Waals surface area contributed by atoms with Crippen molar-refractivity contribution in [2.24, 2.45) is 22.7 Å². The first-order valence-corrected chi connectivity index (χ1v) is 13.4. The number of amides is 1. The molecule has 0 aromatic carbocycles. The molecule has 0 saturated heterocycles. The zero-order valence-corrected chi connectivity index (χ0v) is 17.7. The summed E-state index contributed by atoms with van der Waals surface area (Å²) >= 11 is 1.73. The van der Waals surface area contributed by atoms with Crippen LogP contribution in [0.5, 0.6) is 0 Å². The van der Waals surface area contributed by atoms with Gasteiger partial charge in [-0.2, -0.15) is 0 Å². The number of hydrogen-bond acceptors (Lipinski definition) is 3. The van der Waals surface area contributed by atoms with E-state index in [2.05, 4.69) is 38.9 Å². The quantitative estimate of drug-likeness (QED) is 0.601. The second kappa shape index (κ2) is 6.88. The van der Waals surface area contributed by atoms with Gasteiger partial charge >= 0.3 is 0 Å². The Bertz CT molecular complexity index is 526. The third kappa shape index (κ3) is 3.99. The number of carbonyl (C=O) groups is 1. The van der Waals surface area contributed by atoms with Gasteiger partial charge < -0.3 is 4.43 Å². The minimum absolute atomic E-state index is 0.00311. The minimum atomic E-state index is -1.71. The monoisotopic (exact) mass is 367 g/mol. The summed E-state index contributed by atoms with van der Waals surface area (Å²) in [7, 11) is -1.71. The van der Waals surface area contributed by atoms with Crippen molar-refractivity contribution in [2.45, 2.75) is 82.7 Å². The summed E-state index contributed by atoms with van der Waals surface area (Å²) in [5.41, 5.74) is 0. The van der Waals surface area contributed by atoms with E-state index in [1.54, 1.807) is 11.8 Å². The molecule has 3 nitrogen and oxygen atoms in total. The highest BCUT2D eigenvalue weighted by atomic mass is 32.2. The molecule has 24 heavy (non-hydrogen) atoms. The first kappa shape index (κ1) is 18.7. The van der Waals surface area contributed by atoms with Gasteiger partial charge in [-0.25, -0.2) is 4.99 Å². The summed E-state index contributed by atoms with van der Waals surface area (Å²) < 4.78 is 6.24. The molecule has 3 aliphatic rings. The van der Waals surface area contributed by atoms with Crippen LogP contribution in [-0.2, 0) is 9.22 Å². The number of nitrogens with zero attached hydrogens (tertiary/aromatic N) is 1. The Morgan fingerprint density at radius 2 is 2.00 bits per heavy atom. The lowest BCUT2D eigenvalue weighted by molar-refractivity contribution is -0.117. The van der Waals surface area contributed by atoms with Crippen molar-refractivity contribution in [3.05, 3.63) is 0 Å². The largest absolute Gasteiger partial charge is 0.417 e. The maximum Gasteiger partial charge on any atom is 0.260 e. The number of fused-ring (bicyclic) bond motifs is 2. The summed E-state index contributed by atoms with van der Waals surface area (Å²) in [6, 6.07) is 0. The second-order valence-electron chi connectivity index (χ2n) is 9.49. The van der Waals surface area contributed by atoms with Crippen LogP contribution in [0.1, 0.15) is 59.3 Å². The summed E-state index contributed by atoms with van der Waals surface area (Å²) in [5.74, 6) is 2.76. The van der Waals surface area contributed by atoms with Crippen molar-refractivity contribution < 1.29 is 9.22 Å². The van der Waals surface area contributed by atoms with Crippen LogP contribution >= 0.6 is 11.8 Å². The molecule has 1 amide bonds. The summed E-state index contributed by atoms with van der Waals surface area (Å²) in [5, 5.41) is 1.33. The molecule has 0 radical (unpaired) electrons. The lowest BCUT2D eigenvalue weighted by Crippen LogP contribution is -2.41. The fraction of sp³-hybridized carbons (Fsp3) is 0.895. The maximum atomic E-state index is 12.2. The van der Waals surface area contributed by atoms with Crippen molar-refractivity contribution in [1.29, 1.82) is 0 Å². The van der Waals surface area contributed by atoms with Gasteiger partial charge in [0.1, 0.15) is 0 Å². The van der Waals surface area contributed by atoms with Crippen LogP contribution in [0.3, 0.4) is 0 Å². The van der Waals surface area contributed by atoms with Gasteiger partial charge in [-0.15, -0.1) is 0 Å². The molecule has 2 fully saturated rings. The highest BCUT2D eigenvalue weighted by Crippen LogP contribution is 2.50. The van der Waals surface area contributed by atoms with Gasteiger partial charge in [-0.1, -0.05) is 39.0 Å². The molecule has 2 saturated carbocycles. The molecule has 136 valence electrons. The SMILES string of the molecule is CC(C)(C)[Si](C)(C)OCCC1SC(CC2CC3CCC2C3)=NC1=O. The van der Waals surface area contributed by atoms with E-state index in [1.165, 1.54) is 25.7 Å². The highest BCUT2D eigenvalue weighted by molar-refractivity contribution is 8.15. The Kier molecular flexibility index (Phi) is 5.35. The average Bonchev–Trinajstić information content (AvgIpc) is 3.14. The molecular formula is C19H33NO2SSi. The normalized spacial score (nSPS) is 33.4. The Morgan fingerprint density at radius 3 is 2.58 bits per heavy atom. The van der Waals surface area contributed by atoms with Gasteiger partial charge in [0.2, 0.25) is 0 Å². The fourth-order valence-corrected chi connectivity index (χ4v) is 6.41. The zero-order valence-electron chi connectivity index (χ0n) is 15.9. The molecule has 0 aromatic rings. The number of carbonyl (C=O) groups excluding carboxylic acids is 1. The van der Waals surface area contributed by atoms with Crippen LogP contribution in [0.4, 0.5) is 0 Å². The lowest BCUT2D eigenvalue weighted by Gasteiger charge is -2.36. The molecule has 1 heterocycles. The van der Waals surface area contributed by atoms with E-state index < -0.39 is 8.32 Å². The number of rotatable bonds is 6. The molecule has 3 rings (SSSR count). The van der Waals surface area contributed by atoms with Gasteiger partial charge in [0.05, 0.1) is 10.3 Å². The topological polar surface area (TPSA) is 38.7 Å². The van der Waals surface area contributed by atoms with E-state index >= 15 is 0 Å². The van der Waals surface area contributed by atoms with Gasteiger partial charge in [0.25, 0.3) is 5.91 Å². The van der Waals surface area contributed by atoms with E-state index in [0.29, 0.717) is 6.61 Å². The van der Waals surface area contributed by atoms with E-state index in [1.807, 2.05) is 0 Å². The second-order valence-corrected chi connectivity index (χ2v) is 15.6. The van der Waals surface area contributed by atoms with E-state index in [0.717, 1.165) is 35.6 Å². The van der Waals surface area contributed by atoms with Gasteiger partial charge in [-0.05, 0) is 68.0 Å². The Morgan fingerprint density at radius 1 is 1.25 bits per heavy atom. The smallest absolute Gasteiger partial charge is 0.260 e. The molecule has 4 unspecified atom stereocenters. The first-order valence-electron chi connectivity index (χ1n) is 9.58. The number of thioether (sulfide) groups is 1. The van der Waals surface area contributed by atoms with Crippen LogP contribution < -0.4 is 0 Å². The molecule has 2 aliphatic carbocycles. The highest BCUT2D eigenvalue weighted by Gasteiger charge is 2.41. The van der Waals surface area contributed by atoms with Crippen molar-refractivity contribution in [3.63, 3.8) is 0 Å². The van der Waals surface area contributed by atoms with Gasteiger partial charge in [0.15, 0.2) is 8.32 Å². The molecule has 2 bridgehead atoms. The Hall–Kier alpha value is -0.133. The molecule has 0 spiro atoms. The first-order chi connectivity index (χ1) is 11.2. The van der Waals surface area contributed by atoms with E-state index in [4.69, 9.17) is 4.43 Å². The van der Waals surface area contributed by atoms with Gasteiger partial charge in [0, 0.05) is 6.61 Å². The average molecular weight is 368 g/mol. The predicted molar refractivity (Wildman–Crippen MR) is 105 cm³/mol. The fourth-order valence-electron chi connectivity index (χ4n) is 4.20. The number of aliphatic imine (C=N–C) groups is 1. The van der Waals surface area contributed by atoms with Crippen molar-refractivity contribution in [1.82, 2.24) is 0 Å². The minimum Gasteiger partial charge on any atom is -0.417 e. The molecule has 0 aromatic heterocycles. The summed E-state index contributed by atoms with van der Waals surface area (Å²) in [6.07, 6.45) is 7.51. The van der Waals surface area contributed by atoms with Crippen molar-refractivity contribution >= 4 is 31.0 Å². The summed E-state index contributed by atoms with van der Waals surface area (Å²) in [6.45, 7) is 12.0. The van der Waals surface area contributed by atoms with Crippen LogP contribution in [-0.4, -0.2) is 31.1 Å². The van der Waals surface area contributed by atoms with E-state index in [-0.39, 0.29) is 16.2 Å². The zero-order chi connectivity index (χ0) is 17.5. The third-order valence-electron chi connectivity index (χ3n) is 6.76. The van der Waals surface area contributed by atoms with Crippen LogP contribution in [0.2, 0.25) is 18.1 Å². The molecule has 5 heteroatoms. The van der Waals surface area contributed by atoms with E-state index in [9.17, 15) is 4.79 Å².